The van der Waals surface area contributed by atoms with Crippen LogP contribution in [0, 0.1) is 23.5 Å². The Morgan fingerprint density at radius 1 is 1.26 bits per heavy atom. The highest BCUT2D eigenvalue weighted by Crippen LogP contribution is 2.37. The van der Waals surface area contributed by atoms with Crippen molar-refractivity contribution in [2.45, 2.75) is 51.6 Å². The predicted molar refractivity (Wildman–Crippen MR) is 71.8 cm³/mol. The first kappa shape index (κ1) is 14.4. The molecule has 1 N–H and O–H groups in total. The minimum Gasteiger partial charge on any atom is -0.390 e. The number of aliphatic hydroxyl groups is 1. The number of hydrogen-bond donors (Lipinski definition) is 1. The fourth-order valence-corrected chi connectivity index (χ4v) is 3.05. The van der Waals surface area contributed by atoms with E-state index in [1.165, 1.54) is 6.07 Å². The SMILES string of the molecule is CC(C)C1CCC(O)(Cc2cc(F)ccc2F)CC1. The van der Waals surface area contributed by atoms with Gasteiger partial charge in [-0.2, -0.15) is 0 Å². The largest absolute Gasteiger partial charge is 0.390 e. The third kappa shape index (κ3) is 3.53. The number of rotatable bonds is 3. The molecule has 0 saturated heterocycles. The third-order valence-electron chi connectivity index (χ3n) is 4.43. The van der Waals surface area contributed by atoms with Crippen molar-refractivity contribution >= 4 is 0 Å². The molecule has 0 aromatic heterocycles. The number of benzene rings is 1. The van der Waals surface area contributed by atoms with E-state index in [0.717, 1.165) is 25.0 Å². The second kappa shape index (κ2) is 5.58. The molecular formula is C16H22F2O. The van der Waals surface area contributed by atoms with Gasteiger partial charge >= 0.3 is 0 Å². The Morgan fingerprint density at radius 3 is 2.47 bits per heavy atom. The summed E-state index contributed by atoms with van der Waals surface area (Å²) in [4.78, 5) is 0. The lowest BCUT2D eigenvalue weighted by Crippen LogP contribution is -2.37. The molecule has 0 atom stereocenters. The molecule has 0 bridgehead atoms. The minimum atomic E-state index is -0.875. The first-order valence-corrected chi connectivity index (χ1v) is 7.06. The topological polar surface area (TPSA) is 20.2 Å². The van der Waals surface area contributed by atoms with E-state index in [4.69, 9.17) is 0 Å². The smallest absolute Gasteiger partial charge is 0.126 e. The predicted octanol–water partition coefficient (Wildman–Crippen LogP) is 4.08. The zero-order chi connectivity index (χ0) is 14.0. The van der Waals surface area contributed by atoms with Crippen LogP contribution >= 0.6 is 0 Å². The van der Waals surface area contributed by atoms with Crippen molar-refractivity contribution in [1.29, 1.82) is 0 Å². The molecule has 0 amide bonds. The van der Waals surface area contributed by atoms with Crippen LogP contribution in [0.3, 0.4) is 0 Å². The molecule has 1 aromatic rings. The molecule has 1 saturated carbocycles. The van der Waals surface area contributed by atoms with Gasteiger partial charge in [0, 0.05) is 6.42 Å². The van der Waals surface area contributed by atoms with Crippen LogP contribution in [-0.4, -0.2) is 10.7 Å². The van der Waals surface area contributed by atoms with Crippen LogP contribution in [-0.2, 0) is 6.42 Å². The van der Waals surface area contributed by atoms with Gasteiger partial charge in [0.1, 0.15) is 11.6 Å². The molecule has 0 radical (unpaired) electrons. The van der Waals surface area contributed by atoms with Crippen molar-refractivity contribution < 1.29 is 13.9 Å². The zero-order valence-corrected chi connectivity index (χ0v) is 11.6. The average molecular weight is 268 g/mol. The molecule has 1 nitrogen and oxygen atoms in total. The summed E-state index contributed by atoms with van der Waals surface area (Å²) in [6.07, 6.45) is 3.48. The average Bonchev–Trinajstić information content (AvgIpc) is 2.34. The highest BCUT2D eigenvalue weighted by molar-refractivity contribution is 5.21. The van der Waals surface area contributed by atoms with Gasteiger partial charge in [0.25, 0.3) is 0 Å². The van der Waals surface area contributed by atoms with E-state index in [1.807, 2.05) is 0 Å². The van der Waals surface area contributed by atoms with Gasteiger partial charge in [-0.05, 0) is 61.3 Å². The normalized spacial score (nSPS) is 27.8. The molecule has 2 rings (SSSR count). The van der Waals surface area contributed by atoms with Crippen LogP contribution in [0.5, 0.6) is 0 Å². The lowest BCUT2D eigenvalue weighted by atomic mass is 9.72. The highest BCUT2D eigenvalue weighted by Gasteiger charge is 2.34. The summed E-state index contributed by atoms with van der Waals surface area (Å²) >= 11 is 0. The molecule has 0 spiro atoms. The summed E-state index contributed by atoms with van der Waals surface area (Å²) < 4.78 is 26.8. The van der Waals surface area contributed by atoms with Crippen LogP contribution < -0.4 is 0 Å². The summed E-state index contributed by atoms with van der Waals surface area (Å²) in [6, 6.07) is 3.44. The lowest BCUT2D eigenvalue weighted by Gasteiger charge is -2.37. The van der Waals surface area contributed by atoms with E-state index in [1.54, 1.807) is 0 Å². The first-order valence-electron chi connectivity index (χ1n) is 7.06. The van der Waals surface area contributed by atoms with Gasteiger partial charge in [0.2, 0.25) is 0 Å². The fraction of sp³-hybridized carbons (Fsp3) is 0.625. The van der Waals surface area contributed by atoms with E-state index in [0.29, 0.717) is 24.7 Å². The molecule has 0 unspecified atom stereocenters. The van der Waals surface area contributed by atoms with E-state index >= 15 is 0 Å². The van der Waals surface area contributed by atoms with Crippen molar-refractivity contribution in [2.24, 2.45) is 11.8 Å². The summed E-state index contributed by atoms with van der Waals surface area (Å²) in [6.45, 7) is 4.39. The van der Waals surface area contributed by atoms with Gasteiger partial charge in [0.05, 0.1) is 5.60 Å². The Morgan fingerprint density at radius 2 is 1.89 bits per heavy atom. The third-order valence-corrected chi connectivity index (χ3v) is 4.43. The summed E-state index contributed by atoms with van der Waals surface area (Å²) in [5.41, 5.74) is -0.592. The molecule has 0 aliphatic heterocycles. The Balaban J connectivity index is 2.05. The Kier molecular flexibility index (Phi) is 4.24. The van der Waals surface area contributed by atoms with Gasteiger partial charge in [0.15, 0.2) is 0 Å². The molecular weight excluding hydrogens is 246 g/mol. The molecule has 1 aliphatic carbocycles. The molecule has 3 heteroatoms. The summed E-state index contributed by atoms with van der Waals surface area (Å²) in [5, 5.41) is 10.6. The monoisotopic (exact) mass is 268 g/mol. The maximum Gasteiger partial charge on any atom is 0.126 e. The minimum absolute atomic E-state index is 0.210. The van der Waals surface area contributed by atoms with E-state index in [2.05, 4.69) is 13.8 Å². The maximum atomic E-state index is 13.6. The van der Waals surface area contributed by atoms with Crippen molar-refractivity contribution in [3.8, 4) is 0 Å². The van der Waals surface area contributed by atoms with Crippen molar-refractivity contribution in [1.82, 2.24) is 0 Å². The Labute approximate surface area is 113 Å². The van der Waals surface area contributed by atoms with Crippen LogP contribution in [0.2, 0.25) is 0 Å². The fourth-order valence-electron chi connectivity index (χ4n) is 3.05. The summed E-state index contributed by atoms with van der Waals surface area (Å²) in [7, 11) is 0. The van der Waals surface area contributed by atoms with Gasteiger partial charge in [-0.25, -0.2) is 8.78 Å². The van der Waals surface area contributed by atoms with E-state index < -0.39 is 17.2 Å². The molecule has 1 fully saturated rings. The van der Waals surface area contributed by atoms with E-state index in [9.17, 15) is 13.9 Å². The van der Waals surface area contributed by atoms with Crippen LogP contribution in [0.15, 0.2) is 18.2 Å². The zero-order valence-electron chi connectivity index (χ0n) is 11.6. The second-order valence-electron chi connectivity index (χ2n) is 6.22. The maximum absolute atomic E-state index is 13.6. The van der Waals surface area contributed by atoms with Crippen LogP contribution in [0.4, 0.5) is 8.78 Å². The first-order chi connectivity index (χ1) is 8.89. The van der Waals surface area contributed by atoms with Crippen molar-refractivity contribution in [3.05, 3.63) is 35.4 Å². The quantitative estimate of drug-likeness (QED) is 0.875. The number of hydrogen-bond acceptors (Lipinski definition) is 1. The summed E-state index contributed by atoms with van der Waals surface area (Å²) in [5.74, 6) is 0.379. The van der Waals surface area contributed by atoms with Crippen LogP contribution in [0.25, 0.3) is 0 Å². The molecule has 1 aromatic carbocycles. The standard InChI is InChI=1S/C16H22F2O/c1-11(2)12-5-7-16(19,8-6-12)10-13-9-14(17)3-4-15(13)18/h3-4,9,11-12,19H,5-8,10H2,1-2H3. The molecule has 106 valence electrons. The molecule has 0 heterocycles. The Bertz CT molecular complexity index is 434. The van der Waals surface area contributed by atoms with Crippen LogP contribution in [0.1, 0.15) is 45.1 Å². The van der Waals surface area contributed by atoms with Crippen molar-refractivity contribution in [2.75, 3.05) is 0 Å². The molecule has 19 heavy (non-hydrogen) atoms. The Hall–Kier alpha value is -0.960. The highest BCUT2D eigenvalue weighted by atomic mass is 19.1. The number of halogens is 2. The van der Waals surface area contributed by atoms with Gasteiger partial charge in [-0.3, -0.25) is 0 Å². The second-order valence-corrected chi connectivity index (χ2v) is 6.22. The van der Waals surface area contributed by atoms with Gasteiger partial charge < -0.3 is 5.11 Å². The lowest BCUT2D eigenvalue weighted by molar-refractivity contribution is -0.0152. The van der Waals surface area contributed by atoms with E-state index in [-0.39, 0.29) is 12.0 Å². The van der Waals surface area contributed by atoms with Crippen molar-refractivity contribution in [3.63, 3.8) is 0 Å². The molecule has 1 aliphatic rings. The van der Waals surface area contributed by atoms with Gasteiger partial charge in [-0.1, -0.05) is 13.8 Å². The van der Waals surface area contributed by atoms with Gasteiger partial charge in [-0.15, -0.1) is 0 Å².